The van der Waals surface area contributed by atoms with Gasteiger partial charge < -0.3 is 25.2 Å². The van der Waals surface area contributed by atoms with Gasteiger partial charge >= 0.3 is 12.0 Å². The van der Waals surface area contributed by atoms with Crippen LogP contribution in [0.3, 0.4) is 0 Å². The van der Waals surface area contributed by atoms with Crippen LogP contribution in [0.4, 0.5) is 10.5 Å². The number of aliphatic hydroxyl groups is 1. The number of aliphatic hydroxyl groups excluding tert-OH is 1. The third-order valence-corrected chi connectivity index (χ3v) is 4.52. The Hall–Kier alpha value is -3.06. The van der Waals surface area contributed by atoms with Gasteiger partial charge in [0.1, 0.15) is 11.9 Å². The normalized spacial score (nSPS) is 13.2. The van der Waals surface area contributed by atoms with E-state index in [0.717, 1.165) is 5.56 Å². The molecular weight excluding hydrogens is 372 g/mol. The molecule has 2 aromatic carbocycles. The van der Waals surface area contributed by atoms with Gasteiger partial charge in [-0.1, -0.05) is 45.0 Å². The van der Waals surface area contributed by atoms with Crippen LogP contribution in [0.5, 0.6) is 5.75 Å². The molecule has 2 amide bonds. The van der Waals surface area contributed by atoms with Crippen LogP contribution in [0.2, 0.25) is 0 Å². The van der Waals surface area contributed by atoms with Crippen LogP contribution in [-0.4, -0.2) is 37.4 Å². The topological polar surface area (TPSA) is 96.9 Å². The fourth-order valence-electron chi connectivity index (χ4n) is 2.75. The van der Waals surface area contributed by atoms with Crippen molar-refractivity contribution in [1.29, 1.82) is 0 Å². The molecule has 2 unspecified atom stereocenters. The zero-order valence-electron chi connectivity index (χ0n) is 17.4. The number of carbonyl (C=O) groups excluding carboxylic acids is 2. The minimum absolute atomic E-state index is 0.000751. The number of ether oxygens (including phenoxy) is 2. The molecule has 0 spiro atoms. The Morgan fingerprint density at radius 3 is 2.03 bits per heavy atom. The second kappa shape index (κ2) is 9.43. The van der Waals surface area contributed by atoms with Crippen LogP contribution in [0.25, 0.3) is 0 Å². The van der Waals surface area contributed by atoms with Crippen molar-refractivity contribution >= 4 is 17.7 Å². The van der Waals surface area contributed by atoms with Crippen LogP contribution >= 0.6 is 0 Å². The molecule has 0 aliphatic carbocycles. The van der Waals surface area contributed by atoms with Gasteiger partial charge in [-0.2, -0.15) is 0 Å². The van der Waals surface area contributed by atoms with E-state index in [1.54, 1.807) is 36.4 Å². The molecule has 7 heteroatoms. The zero-order valence-corrected chi connectivity index (χ0v) is 17.4. The van der Waals surface area contributed by atoms with E-state index in [2.05, 4.69) is 31.4 Å². The second-order valence-electron chi connectivity index (χ2n) is 7.64. The highest BCUT2D eigenvalue weighted by atomic mass is 16.5. The highest BCUT2D eigenvalue weighted by Crippen LogP contribution is 2.24. The lowest BCUT2D eigenvalue weighted by Crippen LogP contribution is -2.47. The first-order chi connectivity index (χ1) is 13.7. The molecule has 0 heterocycles. The molecule has 2 atom stereocenters. The fourth-order valence-corrected chi connectivity index (χ4v) is 2.75. The number of anilines is 1. The lowest BCUT2D eigenvalue weighted by Gasteiger charge is -2.23. The number of benzene rings is 2. The van der Waals surface area contributed by atoms with Crippen LogP contribution < -0.4 is 15.4 Å². The number of esters is 1. The summed E-state index contributed by atoms with van der Waals surface area (Å²) in [6, 6.07) is 12.1. The van der Waals surface area contributed by atoms with E-state index in [1.165, 1.54) is 14.2 Å². The van der Waals surface area contributed by atoms with Gasteiger partial charge in [-0.25, -0.2) is 9.59 Å². The van der Waals surface area contributed by atoms with E-state index in [4.69, 9.17) is 9.47 Å². The summed E-state index contributed by atoms with van der Waals surface area (Å²) in [5.41, 5.74) is 2.14. The Morgan fingerprint density at radius 2 is 1.55 bits per heavy atom. The monoisotopic (exact) mass is 400 g/mol. The minimum atomic E-state index is -1.29. The molecule has 156 valence electrons. The first-order valence-electron chi connectivity index (χ1n) is 9.23. The van der Waals surface area contributed by atoms with Crippen molar-refractivity contribution in [2.75, 3.05) is 19.5 Å². The number of amides is 2. The summed E-state index contributed by atoms with van der Waals surface area (Å²) in [7, 11) is 2.73. The Bertz CT molecular complexity index is 826. The lowest BCUT2D eigenvalue weighted by molar-refractivity contribution is -0.145. The van der Waals surface area contributed by atoms with Gasteiger partial charge in [0, 0.05) is 5.69 Å². The van der Waals surface area contributed by atoms with Crippen molar-refractivity contribution < 1.29 is 24.2 Å². The van der Waals surface area contributed by atoms with Gasteiger partial charge in [0.15, 0.2) is 6.04 Å². The second-order valence-corrected chi connectivity index (χ2v) is 7.64. The highest BCUT2D eigenvalue weighted by Gasteiger charge is 2.30. The first kappa shape index (κ1) is 22.2. The quantitative estimate of drug-likeness (QED) is 0.646. The molecule has 0 bridgehead atoms. The summed E-state index contributed by atoms with van der Waals surface area (Å²) in [6.45, 7) is 6.30. The molecule has 0 fully saturated rings. The summed E-state index contributed by atoms with van der Waals surface area (Å²) in [6.07, 6.45) is -1.29. The van der Waals surface area contributed by atoms with Gasteiger partial charge in [-0.05, 0) is 40.8 Å². The molecule has 0 aliphatic heterocycles. The number of hydrogen-bond donors (Lipinski definition) is 3. The summed E-state index contributed by atoms with van der Waals surface area (Å²) in [4.78, 5) is 24.5. The van der Waals surface area contributed by atoms with Gasteiger partial charge in [0.2, 0.25) is 0 Å². The number of hydrogen-bond acceptors (Lipinski definition) is 5. The molecule has 7 nitrogen and oxygen atoms in total. The standard InChI is InChI=1S/C22H28N2O5/c1-22(2,3)15-8-10-16(11-9-15)23-21(27)24-18(20(26)29-5)19(25)14-6-12-17(28-4)13-7-14/h6-13,18-19,25H,1-5H3,(H2,23,24,27). The number of carbonyl (C=O) groups is 2. The number of rotatable bonds is 6. The SMILES string of the molecule is COC(=O)C(NC(=O)Nc1ccc(C(C)(C)C)cc1)C(O)c1ccc(OC)cc1. The van der Waals surface area contributed by atoms with Crippen molar-refractivity contribution in [3.8, 4) is 5.75 Å². The van der Waals surface area contributed by atoms with E-state index in [9.17, 15) is 14.7 Å². The van der Waals surface area contributed by atoms with Crippen molar-refractivity contribution in [3.63, 3.8) is 0 Å². The van der Waals surface area contributed by atoms with Crippen LogP contribution in [-0.2, 0) is 14.9 Å². The molecule has 2 rings (SSSR count). The average molecular weight is 400 g/mol. The minimum Gasteiger partial charge on any atom is -0.497 e. The van der Waals surface area contributed by atoms with E-state index in [1.807, 2.05) is 12.1 Å². The number of methoxy groups -OCH3 is 2. The molecule has 0 aromatic heterocycles. The molecule has 0 saturated carbocycles. The summed E-state index contributed by atoms with van der Waals surface area (Å²) in [5.74, 6) is -0.147. The largest absolute Gasteiger partial charge is 0.497 e. The highest BCUT2D eigenvalue weighted by molar-refractivity contribution is 5.92. The van der Waals surface area contributed by atoms with E-state index >= 15 is 0 Å². The third-order valence-electron chi connectivity index (χ3n) is 4.52. The molecule has 0 aliphatic rings. The predicted octanol–water partition coefficient (Wildman–Crippen LogP) is 3.39. The predicted molar refractivity (Wildman–Crippen MR) is 111 cm³/mol. The maximum atomic E-state index is 12.4. The maximum Gasteiger partial charge on any atom is 0.331 e. The molecule has 29 heavy (non-hydrogen) atoms. The Labute approximate surface area is 171 Å². The van der Waals surface area contributed by atoms with E-state index in [-0.39, 0.29) is 5.41 Å². The fraction of sp³-hybridized carbons (Fsp3) is 0.364. The maximum absolute atomic E-state index is 12.4. The zero-order chi connectivity index (χ0) is 21.6. The smallest absolute Gasteiger partial charge is 0.331 e. The third kappa shape index (κ3) is 5.96. The molecule has 0 saturated heterocycles. The summed E-state index contributed by atoms with van der Waals surface area (Å²) < 4.78 is 9.82. The first-order valence-corrected chi connectivity index (χ1v) is 9.23. The van der Waals surface area contributed by atoms with Gasteiger partial charge in [-0.15, -0.1) is 0 Å². The van der Waals surface area contributed by atoms with Gasteiger partial charge in [0.05, 0.1) is 14.2 Å². The molecule has 0 radical (unpaired) electrons. The molecule has 2 aromatic rings. The van der Waals surface area contributed by atoms with Crippen molar-refractivity contribution in [2.24, 2.45) is 0 Å². The Morgan fingerprint density at radius 1 is 0.966 bits per heavy atom. The summed E-state index contributed by atoms with van der Waals surface area (Å²) >= 11 is 0. The van der Waals surface area contributed by atoms with E-state index in [0.29, 0.717) is 17.0 Å². The number of urea groups is 1. The van der Waals surface area contributed by atoms with Crippen molar-refractivity contribution in [2.45, 2.75) is 38.3 Å². The van der Waals surface area contributed by atoms with E-state index < -0.39 is 24.1 Å². The van der Waals surface area contributed by atoms with Crippen LogP contribution in [0, 0.1) is 0 Å². The molecular formula is C22H28N2O5. The Balaban J connectivity index is 2.10. The molecule has 3 N–H and O–H groups in total. The van der Waals surface area contributed by atoms with Crippen LogP contribution in [0.1, 0.15) is 38.0 Å². The average Bonchev–Trinajstić information content (AvgIpc) is 2.70. The van der Waals surface area contributed by atoms with Gasteiger partial charge in [-0.3, -0.25) is 0 Å². The summed E-state index contributed by atoms with van der Waals surface area (Å²) in [5, 5.41) is 15.7. The van der Waals surface area contributed by atoms with Crippen molar-refractivity contribution in [1.82, 2.24) is 5.32 Å². The van der Waals surface area contributed by atoms with Gasteiger partial charge in [0.25, 0.3) is 0 Å². The number of nitrogens with one attached hydrogen (secondary N) is 2. The van der Waals surface area contributed by atoms with Crippen LogP contribution in [0.15, 0.2) is 48.5 Å². The van der Waals surface area contributed by atoms with Crippen molar-refractivity contribution in [3.05, 3.63) is 59.7 Å². The Kier molecular flexibility index (Phi) is 7.23. The lowest BCUT2D eigenvalue weighted by atomic mass is 9.87.